The summed E-state index contributed by atoms with van der Waals surface area (Å²) in [6.45, 7) is 9.27. The van der Waals surface area contributed by atoms with Gasteiger partial charge in [0.05, 0.1) is 13.0 Å². The van der Waals surface area contributed by atoms with Gasteiger partial charge < -0.3 is 14.8 Å². The fourth-order valence-electron chi connectivity index (χ4n) is 6.17. The highest BCUT2D eigenvalue weighted by atomic mass is 16.5. The lowest BCUT2D eigenvalue weighted by Gasteiger charge is -2.43. The van der Waals surface area contributed by atoms with Crippen molar-refractivity contribution >= 4 is 11.7 Å². The van der Waals surface area contributed by atoms with Crippen LogP contribution in [0.2, 0.25) is 0 Å². The van der Waals surface area contributed by atoms with Gasteiger partial charge in [0.15, 0.2) is 0 Å². The third-order valence-corrected chi connectivity index (χ3v) is 8.39. The Morgan fingerprint density at radius 1 is 1.15 bits per heavy atom. The summed E-state index contributed by atoms with van der Waals surface area (Å²) in [6, 6.07) is 2.25. The molecule has 6 nitrogen and oxygen atoms in total. The maximum atomic E-state index is 14.0. The van der Waals surface area contributed by atoms with Crippen molar-refractivity contribution in [3.8, 4) is 5.75 Å². The van der Waals surface area contributed by atoms with Crippen LogP contribution in [0.3, 0.4) is 0 Å². The average Bonchev–Trinajstić information content (AvgIpc) is 3.65. The van der Waals surface area contributed by atoms with E-state index in [-0.39, 0.29) is 17.9 Å². The molecule has 1 N–H and O–H groups in total. The highest BCUT2D eigenvalue weighted by molar-refractivity contribution is 5.96. The number of amides is 1. The zero-order chi connectivity index (χ0) is 23.5. The van der Waals surface area contributed by atoms with Crippen LogP contribution in [0, 0.1) is 29.6 Å². The molecule has 1 aliphatic heterocycles. The Morgan fingerprint density at radius 3 is 2.48 bits per heavy atom. The van der Waals surface area contributed by atoms with Crippen molar-refractivity contribution < 1.29 is 14.3 Å². The van der Waals surface area contributed by atoms with Crippen LogP contribution in [0.1, 0.15) is 70.8 Å². The molecule has 1 aromatic heterocycles. The Bertz CT molecular complexity index is 802. The Hall–Kier alpha value is -1.66. The van der Waals surface area contributed by atoms with Crippen molar-refractivity contribution in [1.82, 2.24) is 10.3 Å². The van der Waals surface area contributed by atoms with Crippen LogP contribution in [0.5, 0.6) is 5.75 Å². The number of hydrogen-bond donors (Lipinski definition) is 1. The summed E-state index contributed by atoms with van der Waals surface area (Å²) in [4.78, 5) is 20.7. The number of pyridine rings is 1. The summed E-state index contributed by atoms with van der Waals surface area (Å²) in [5.41, 5.74) is 1.08. The molecule has 6 heteroatoms. The second-order valence-corrected chi connectivity index (χ2v) is 10.9. The van der Waals surface area contributed by atoms with E-state index < -0.39 is 0 Å². The number of nitrogens with one attached hydrogen (secondary N) is 1. The van der Waals surface area contributed by atoms with E-state index >= 15 is 0 Å². The highest BCUT2D eigenvalue weighted by Crippen LogP contribution is 2.42. The van der Waals surface area contributed by atoms with Crippen LogP contribution in [0.25, 0.3) is 0 Å². The van der Waals surface area contributed by atoms with E-state index in [1.807, 2.05) is 24.3 Å². The molecule has 0 bridgehead atoms. The van der Waals surface area contributed by atoms with Crippen LogP contribution in [0.15, 0.2) is 12.3 Å². The standard InChI is InChI=1S/C27H43N3O3/c1-17(2)22-15-29-26(12-25(22)33-5)30(21-10-11-21)27(31)24-14-28-13-23(18(24)3)20-8-6-19(7-9-20)16-32-4/h12,15,17-21,23-24,28H,6-11,13-14,16H2,1-5H3. The van der Waals surface area contributed by atoms with Crippen LogP contribution in [0.4, 0.5) is 5.82 Å². The van der Waals surface area contributed by atoms with Crippen molar-refractivity contribution in [3.63, 3.8) is 0 Å². The molecule has 0 spiro atoms. The maximum absolute atomic E-state index is 14.0. The van der Waals surface area contributed by atoms with Crippen molar-refractivity contribution in [3.05, 3.63) is 17.8 Å². The molecular weight excluding hydrogens is 414 g/mol. The maximum Gasteiger partial charge on any atom is 0.233 e. The second kappa shape index (κ2) is 10.7. The molecule has 3 unspecified atom stereocenters. The van der Waals surface area contributed by atoms with Crippen LogP contribution >= 0.6 is 0 Å². The third kappa shape index (κ3) is 5.37. The summed E-state index contributed by atoms with van der Waals surface area (Å²) in [5.74, 6) is 4.48. The van der Waals surface area contributed by atoms with Crippen molar-refractivity contribution in [2.45, 2.75) is 71.3 Å². The van der Waals surface area contributed by atoms with Crippen LogP contribution in [-0.2, 0) is 9.53 Å². The predicted octanol–water partition coefficient (Wildman–Crippen LogP) is 4.63. The molecular formula is C27H43N3O3. The van der Waals surface area contributed by atoms with E-state index in [0.29, 0.717) is 29.6 Å². The van der Waals surface area contributed by atoms with E-state index in [2.05, 4.69) is 26.1 Å². The lowest BCUT2D eigenvalue weighted by Crippen LogP contribution is -2.52. The Balaban J connectivity index is 1.49. The van der Waals surface area contributed by atoms with E-state index in [1.54, 1.807) is 7.11 Å². The van der Waals surface area contributed by atoms with Crippen LogP contribution in [-0.4, -0.2) is 50.8 Å². The topological polar surface area (TPSA) is 63.7 Å². The monoisotopic (exact) mass is 457 g/mol. The molecule has 3 fully saturated rings. The van der Waals surface area contributed by atoms with Gasteiger partial charge in [0.2, 0.25) is 5.91 Å². The molecule has 33 heavy (non-hydrogen) atoms. The summed E-state index contributed by atoms with van der Waals surface area (Å²) in [7, 11) is 3.51. The van der Waals surface area contributed by atoms with Gasteiger partial charge in [-0.3, -0.25) is 9.69 Å². The molecule has 1 amide bonds. The zero-order valence-electron chi connectivity index (χ0n) is 21.2. The second-order valence-electron chi connectivity index (χ2n) is 10.9. The van der Waals surface area contributed by atoms with Crippen molar-refractivity contribution in [2.75, 3.05) is 38.8 Å². The van der Waals surface area contributed by atoms with Crippen molar-refractivity contribution in [1.29, 1.82) is 0 Å². The van der Waals surface area contributed by atoms with E-state index in [9.17, 15) is 4.79 Å². The van der Waals surface area contributed by atoms with Gasteiger partial charge in [-0.2, -0.15) is 0 Å². The first-order chi connectivity index (χ1) is 15.9. The van der Waals surface area contributed by atoms with Gasteiger partial charge in [-0.1, -0.05) is 20.8 Å². The normalized spacial score (nSPS) is 30.3. The Kier molecular flexibility index (Phi) is 7.95. The number of aromatic nitrogens is 1. The van der Waals surface area contributed by atoms with Gasteiger partial charge in [-0.25, -0.2) is 4.98 Å². The van der Waals surface area contributed by atoms with Gasteiger partial charge in [-0.05, 0) is 74.7 Å². The number of carbonyl (C=O) groups is 1. The molecule has 3 atom stereocenters. The predicted molar refractivity (Wildman–Crippen MR) is 132 cm³/mol. The summed E-state index contributed by atoms with van der Waals surface area (Å²) >= 11 is 0. The first-order valence-corrected chi connectivity index (χ1v) is 13.0. The minimum absolute atomic E-state index is 0.00128. The molecule has 1 aromatic rings. The number of hydrogen-bond acceptors (Lipinski definition) is 5. The van der Waals surface area contributed by atoms with Crippen LogP contribution < -0.4 is 15.0 Å². The summed E-state index contributed by atoms with van der Waals surface area (Å²) < 4.78 is 11.1. The molecule has 3 aliphatic rings. The number of methoxy groups -OCH3 is 2. The summed E-state index contributed by atoms with van der Waals surface area (Å²) in [5, 5.41) is 3.62. The number of piperidine rings is 1. The molecule has 2 aliphatic carbocycles. The molecule has 0 aromatic carbocycles. The quantitative estimate of drug-likeness (QED) is 0.616. The fraction of sp³-hybridized carbons (Fsp3) is 0.778. The van der Waals surface area contributed by atoms with E-state index in [1.165, 1.54) is 25.7 Å². The number of carbonyl (C=O) groups excluding carboxylic acids is 1. The largest absolute Gasteiger partial charge is 0.496 e. The van der Waals surface area contributed by atoms with Gasteiger partial charge in [0.25, 0.3) is 0 Å². The number of nitrogens with zero attached hydrogens (tertiary/aromatic N) is 2. The molecule has 4 rings (SSSR count). The highest BCUT2D eigenvalue weighted by Gasteiger charge is 2.44. The molecule has 2 heterocycles. The number of rotatable bonds is 8. The van der Waals surface area contributed by atoms with Crippen molar-refractivity contribution in [2.24, 2.45) is 29.6 Å². The smallest absolute Gasteiger partial charge is 0.233 e. The molecule has 0 radical (unpaired) electrons. The van der Waals surface area contributed by atoms with Gasteiger partial charge in [-0.15, -0.1) is 0 Å². The number of ether oxygens (including phenoxy) is 2. The fourth-order valence-corrected chi connectivity index (χ4v) is 6.17. The minimum Gasteiger partial charge on any atom is -0.496 e. The first kappa shape index (κ1) is 24.5. The Morgan fingerprint density at radius 2 is 1.88 bits per heavy atom. The van der Waals surface area contributed by atoms with E-state index in [4.69, 9.17) is 14.5 Å². The van der Waals surface area contributed by atoms with Gasteiger partial charge >= 0.3 is 0 Å². The number of anilines is 1. The van der Waals surface area contributed by atoms with E-state index in [0.717, 1.165) is 49.7 Å². The zero-order valence-corrected chi connectivity index (χ0v) is 21.2. The molecule has 184 valence electrons. The third-order valence-electron chi connectivity index (χ3n) is 8.39. The minimum atomic E-state index is -0.00128. The SMILES string of the molecule is COCC1CCC(C2CNCC(C(=O)N(c3cc(OC)c(C(C)C)cn3)C3CC3)C2C)CC1. The van der Waals surface area contributed by atoms with Gasteiger partial charge in [0, 0.05) is 44.1 Å². The summed E-state index contributed by atoms with van der Waals surface area (Å²) in [6.07, 6.45) is 9.03. The lowest BCUT2D eigenvalue weighted by atomic mass is 9.67. The van der Waals surface area contributed by atoms with Gasteiger partial charge in [0.1, 0.15) is 11.6 Å². The molecule has 2 saturated carbocycles. The first-order valence-electron chi connectivity index (χ1n) is 13.0. The molecule has 1 saturated heterocycles. The Labute approximate surface area is 199 Å². The average molecular weight is 458 g/mol. The lowest BCUT2D eigenvalue weighted by molar-refractivity contribution is -0.126.